The topological polar surface area (TPSA) is 78.4 Å². The number of hydrogen-bond acceptors (Lipinski definition) is 2. The first-order valence-corrected chi connectivity index (χ1v) is 6.52. The number of carbonyl (C=O) groups excluding carboxylic acids is 1. The Morgan fingerprint density at radius 2 is 1.84 bits per heavy atom. The van der Waals surface area contributed by atoms with Crippen molar-refractivity contribution >= 4 is 12.0 Å². The average Bonchev–Trinajstić information content (AvgIpc) is 2.66. The summed E-state index contributed by atoms with van der Waals surface area (Å²) in [6.45, 7) is 12.7. The van der Waals surface area contributed by atoms with Crippen LogP contribution in [-0.2, 0) is 4.79 Å². The first-order valence-electron chi connectivity index (χ1n) is 6.52. The Balaban J connectivity index is 2.41. The van der Waals surface area contributed by atoms with Gasteiger partial charge in [-0.05, 0) is 23.2 Å². The van der Waals surface area contributed by atoms with Crippen molar-refractivity contribution in [3.05, 3.63) is 12.7 Å². The molecular formula is C14H24N2O3. The van der Waals surface area contributed by atoms with Gasteiger partial charge >= 0.3 is 12.0 Å². The lowest BCUT2D eigenvalue weighted by Crippen LogP contribution is -2.46. The summed E-state index contributed by atoms with van der Waals surface area (Å²) >= 11 is 0. The minimum absolute atomic E-state index is 0.202. The lowest BCUT2D eigenvalue weighted by Gasteiger charge is -2.13. The summed E-state index contributed by atoms with van der Waals surface area (Å²) in [4.78, 5) is 22.6. The fraction of sp³-hybridized carbons (Fsp3) is 0.714. The van der Waals surface area contributed by atoms with E-state index in [2.05, 4.69) is 44.9 Å². The van der Waals surface area contributed by atoms with Crippen LogP contribution in [0, 0.1) is 16.7 Å². The van der Waals surface area contributed by atoms with Gasteiger partial charge in [0, 0.05) is 6.54 Å². The average molecular weight is 268 g/mol. The lowest BCUT2D eigenvalue weighted by molar-refractivity contribution is -0.139. The van der Waals surface area contributed by atoms with Gasteiger partial charge in [-0.25, -0.2) is 9.59 Å². The molecule has 0 radical (unpaired) electrons. The molecule has 1 atom stereocenters. The lowest BCUT2D eigenvalue weighted by atomic mass is 10.0. The molecule has 108 valence electrons. The molecule has 3 N–H and O–H groups in total. The maximum atomic E-state index is 11.7. The minimum Gasteiger partial charge on any atom is -0.480 e. The third-order valence-corrected chi connectivity index (χ3v) is 4.79. The van der Waals surface area contributed by atoms with Crippen LogP contribution in [0.3, 0.4) is 0 Å². The molecule has 19 heavy (non-hydrogen) atoms. The second-order valence-electron chi connectivity index (χ2n) is 6.27. The van der Waals surface area contributed by atoms with Crippen LogP contribution < -0.4 is 10.6 Å². The summed E-state index contributed by atoms with van der Waals surface area (Å²) in [6.07, 6.45) is 1.69. The van der Waals surface area contributed by atoms with Gasteiger partial charge in [-0.1, -0.05) is 33.8 Å². The molecule has 0 aromatic rings. The Hall–Kier alpha value is -1.52. The number of carboxylic acid groups (broad SMARTS) is 1. The molecular weight excluding hydrogens is 244 g/mol. The largest absolute Gasteiger partial charge is 0.480 e. The van der Waals surface area contributed by atoms with E-state index in [1.165, 1.54) is 6.08 Å². The SMILES string of the molecule is C=CCC(NC(=O)NCC1C(C)(C)C1(C)C)C(=O)O. The highest BCUT2D eigenvalue weighted by atomic mass is 16.4. The van der Waals surface area contributed by atoms with Crippen LogP contribution in [0.4, 0.5) is 4.79 Å². The first-order chi connectivity index (χ1) is 8.64. The van der Waals surface area contributed by atoms with E-state index in [0.717, 1.165) is 0 Å². The Labute approximate surface area is 114 Å². The van der Waals surface area contributed by atoms with Crippen molar-refractivity contribution in [1.29, 1.82) is 0 Å². The Bertz CT molecular complexity index is 374. The van der Waals surface area contributed by atoms with Crippen molar-refractivity contribution in [3.8, 4) is 0 Å². The monoisotopic (exact) mass is 268 g/mol. The van der Waals surface area contributed by atoms with Crippen LogP contribution in [0.2, 0.25) is 0 Å². The maximum Gasteiger partial charge on any atom is 0.326 e. The van der Waals surface area contributed by atoms with Gasteiger partial charge in [0.2, 0.25) is 0 Å². The van der Waals surface area contributed by atoms with Crippen LogP contribution in [0.5, 0.6) is 0 Å². The zero-order valence-corrected chi connectivity index (χ0v) is 12.1. The molecule has 0 aromatic heterocycles. The highest BCUT2D eigenvalue weighted by Crippen LogP contribution is 2.67. The number of hydrogen-bond donors (Lipinski definition) is 3. The predicted octanol–water partition coefficient (Wildman–Crippen LogP) is 2.00. The van der Waals surface area contributed by atoms with Crippen LogP contribution in [0.15, 0.2) is 12.7 Å². The van der Waals surface area contributed by atoms with Gasteiger partial charge in [-0.15, -0.1) is 6.58 Å². The summed E-state index contributed by atoms with van der Waals surface area (Å²) in [6, 6.07) is -1.36. The van der Waals surface area contributed by atoms with Crippen molar-refractivity contribution in [2.45, 2.75) is 40.2 Å². The van der Waals surface area contributed by atoms with Gasteiger partial charge < -0.3 is 15.7 Å². The number of rotatable bonds is 6. The number of nitrogens with one attached hydrogen (secondary N) is 2. The number of carboxylic acids is 1. The van der Waals surface area contributed by atoms with E-state index >= 15 is 0 Å². The van der Waals surface area contributed by atoms with Gasteiger partial charge in [0.15, 0.2) is 0 Å². The van der Waals surface area contributed by atoms with Crippen LogP contribution in [-0.4, -0.2) is 29.7 Å². The fourth-order valence-corrected chi connectivity index (χ4v) is 2.64. The fourth-order valence-electron chi connectivity index (χ4n) is 2.64. The summed E-state index contributed by atoms with van der Waals surface area (Å²) in [5.41, 5.74) is 0.404. The third kappa shape index (κ3) is 3.08. The summed E-state index contributed by atoms with van der Waals surface area (Å²) in [5, 5.41) is 14.1. The molecule has 5 nitrogen and oxygen atoms in total. The second kappa shape index (κ2) is 5.23. The Morgan fingerprint density at radius 3 is 2.21 bits per heavy atom. The second-order valence-corrected chi connectivity index (χ2v) is 6.27. The van der Waals surface area contributed by atoms with E-state index in [0.29, 0.717) is 12.5 Å². The molecule has 0 saturated heterocycles. The zero-order valence-electron chi connectivity index (χ0n) is 12.1. The highest BCUT2D eigenvalue weighted by Gasteiger charge is 2.64. The Kier molecular flexibility index (Phi) is 4.28. The highest BCUT2D eigenvalue weighted by molar-refractivity contribution is 5.82. The van der Waals surface area contributed by atoms with E-state index in [4.69, 9.17) is 5.11 Å². The predicted molar refractivity (Wildman–Crippen MR) is 73.8 cm³/mol. The molecule has 1 saturated carbocycles. The molecule has 1 aliphatic rings. The van der Waals surface area contributed by atoms with Crippen molar-refractivity contribution in [2.75, 3.05) is 6.54 Å². The van der Waals surface area contributed by atoms with E-state index in [1.54, 1.807) is 0 Å². The standard InChI is InChI=1S/C14H24N2O3/c1-6-7-9(11(17)18)16-12(19)15-8-10-13(2,3)14(10,4)5/h6,9-10H,1,7-8H2,2-5H3,(H,17,18)(H2,15,16,19). The number of carbonyl (C=O) groups is 2. The van der Waals surface area contributed by atoms with Gasteiger partial charge in [0.1, 0.15) is 6.04 Å². The molecule has 0 bridgehead atoms. The first kappa shape index (κ1) is 15.5. The molecule has 1 fully saturated rings. The number of aliphatic carboxylic acids is 1. The van der Waals surface area contributed by atoms with E-state index in [-0.39, 0.29) is 17.3 Å². The van der Waals surface area contributed by atoms with Crippen molar-refractivity contribution in [2.24, 2.45) is 16.7 Å². The molecule has 1 unspecified atom stereocenters. The van der Waals surface area contributed by atoms with Gasteiger partial charge in [-0.2, -0.15) is 0 Å². The molecule has 1 rings (SSSR count). The molecule has 0 heterocycles. The van der Waals surface area contributed by atoms with E-state index < -0.39 is 18.0 Å². The van der Waals surface area contributed by atoms with Crippen LogP contribution in [0.25, 0.3) is 0 Å². The van der Waals surface area contributed by atoms with Crippen molar-refractivity contribution < 1.29 is 14.7 Å². The maximum absolute atomic E-state index is 11.7. The summed E-state index contributed by atoms with van der Waals surface area (Å²) in [7, 11) is 0. The van der Waals surface area contributed by atoms with E-state index in [1.807, 2.05) is 0 Å². The normalized spacial score (nSPS) is 21.3. The molecule has 0 aromatic carbocycles. The summed E-state index contributed by atoms with van der Waals surface area (Å²) in [5.74, 6) is -0.643. The zero-order chi connectivity index (χ0) is 14.8. The number of amides is 2. The van der Waals surface area contributed by atoms with Crippen LogP contribution in [0.1, 0.15) is 34.1 Å². The third-order valence-electron chi connectivity index (χ3n) is 4.79. The van der Waals surface area contributed by atoms with Crippen molar-refractivity contribution in [1.82, 2.24) is 10.6 Å². The van der Waals surface area contributed by atoms with Gasteiger partial charge in [0.05, 0.1) is 0 Å². The quantitative estimate of drug-likeness (QED) is 0.645. The Morgan fingerprint density at radius 1 is 1.32 bits per heavy atom. The smallest absolute Gasteiger partial charge is 0.326 e. The molecule has 0 spiro atoms. The van der Waals surface area contributed by atoms with E-state index in [9.17, 15) is 9.59 Å². The van der Waals surface area contributed by atoms with Crippen LogP contribution >= 0.6 is 0 Å². The van der Waals surface area contributed by atoms with Gasteiger partial charge in [0.25, 0.3) is 0 Å². The van der Waals surface area contributed by atoms with Gasteiger partial charge in [-0.3, -0.25) is 0 Å². The van der Waals surface area contributed by atoms with Crippen molar-refractivity contribution in [3.63, 3.8) is 0 Å². The summed E-state index contributed by atoms with van der Waals surface area (Å²) < 4.78 is 0. The molecule has 2 amide bonds. The molecule has 0 aliphatic heterocycles. The molecule has 5 heteroatoms. The minimum atomic E-state index is -1.05. The molecule has 1 aliphatic carbocycles. The number of urea groups is 1.